The van der Waals surface area contributed by atoms with Gasteiger partial charge in [0.25, 0.3) is 5.78 Å². The van der Waals surface area contributed by atoms with Gasteiger partial charge < -0.3 is 4.89 Å². The lowest BCUT2D eigenvalue weighted by molar-refractivity contribution is -0.189. The third kappa shape index (κ3) is 10.0. The van der Waals surface area contributed by atoms with Crippen LogP contribution in [0.1, 0.15) is 53.4 Å². The van der Waals surface area contributed by atoms with Crippen LogP contribution in [0.15, 0.2) is 34.9 Å². The molecule has 0 amide bonds. The fourth-order valence-corrected chi connectivity index (χ4v) is 2.36. The van der Waals surface area contributed by atoms with Gasteiger partial charge in [0.1, 0.15) is 0 Å². The lowest BCUT2D eigenvalue weighted by Crippen LogP contribution is -2.30. The maximum Gasteiger partial charge on any atom is 0.427 e. The Kier molecular flexibility index (Phi) is 10.3. The van der Waals surface area contributed by atoms with Gasteiger partial charge in [0.2, 0.25) is 0 Å². The molecule has 0 rings (SSSR count). The van der Waals surface area contributed by atoms with E-state index in [-0.39, 0.29) is 5.57 Å². The van der Waals surface area contributed by atoms with Gasteiger partial charge in [-0.1, -0.05) is 28.9 Å². The number of allylic oxidation sites excluding steroid dienone is 5. The third-order valence-electron chi connectivity index (χ3n) is 3.28. The highest BCUT2D eigenvalue weighted by atomic mass is 31.2. The van der Waals surface area contributed by atoms with E-state index >= 15 is 0 Å². The van der Waals surface area contributed by atoms with Gasteiger partial charge in [-0.3, -0.25) is 9.36 Å². The Balaban J connectivity index is 4.68. The molecule has 0 aliphatic carbocycles. The minimum Gasteiger partial charge on any atom is -0.320 e. The van der Waals surface area contributed by atoms with Crippen molar-refractivity contribution >= 4 is 13.4 Å². The second kappa shape index (κ2) is 10.8. The summed E-state index contributed by atoms with van der Waals surface area (Å²) in [5.74, 6) is -1.95. The molecule has 0 aromatic heterocycles. The van der Waals surface area contributed by atoms with Crippen LogP contribution in [0, 0.1) is 0 Å². The number of rotatable bonds is 11. The van der Waals surface area contributed by atoms with Gasteiger partial charge in [0, 0.05) is 0 Å². The highest BCUT2D eigenvalue weighted by molar-refractivity contribution is 7.53. The summed E-state index contributed by atoms with van der Waals surface area (Å²) in [5.41, 5.74) is 2.61. The Morgan fingerprint density at radius 2 is 1.58 bits per heavy atom. The van der Waals surface area contributed by atoms with E-state index in [4.69, 9.17) is 4.89 Å². The van der Waals surface area contributed by atoms with Crippen molar-refractivity contribution < 1.29 is 36.3 Å². The molecular weight excluding hydrogens is 375 g/mol. The molecule has 4 nitrogen and oxygen atoms in total. The maximum atomic E-state index is 13.4. The Morgan fingerprint density at radius 1 is 1.08 bits per heavy atom. The summed E-state index contributed by atoms with van der Waals surface area (Å²) < 4.78 is 65.0. The maximum absolute atomic E-state index is 13.4. The van der Waals surface area contributed by atoms with Crippen molar-refractivity contribution in [1.82, 2.24) is 0 Å². The van der Waals surface area contributed by atoms with Gasteiger partial charge in [-0.25, -0.2) is 4.52 Å². The van der Waals surface area contributed by atoms with Crippen molar-refractivity contribution in [3.8, 4) is 0 Å². The number of carbonyl (C=O) groups is 1. The predicted octanol–water partition coefficient (Wildman–Crippen LogP) is 5.99. The molecule has 0 heterocycles. The lowest BCUT2D eigenvalue weighted by Gasteiger charge is -2.17. The third-order valence-corrected chi connectivity index (χ3v) is 4.26. The summed E-state index contributed by atoms with van der Waals surface area (Å²) >= 11 is 0. The normalized spacial score (nSPS) is 15.8. The molecular formula is C17H25F4O4P. The fourth-order valence-electron chi connectivity index (χ4n) is 1.87. The summed E-state index contributed by atoms with van der Waals surface area (Å²) in [7, 11) is -5.88. The van der Waals surface area contributed by atoms with E-state index in [1.54, 1.807) is 0 Å². The average Bonchev–Trinajstić information content (AvgIpc) is 2.45. The topological polar surface area (TPSA) is 63.6 Å². The fraction of sp³-hybridized carbons (Fsp3) is 0.588. The molecule has 150 valence electrons. The summed E-state index contributed by atoms with van der Waals surface area (Å²) in [4.78, 5) is 20.1. The van der Waals surface area contributed by atoms with Crippen molar-refractivity contribution in [2.45, 2.75) is 65.7 Å². The van der Waals surface area contributed by atoms with E-state index in [1.165, 1.54) is 12.5 Å². The molecule has 0 spiro atoms. The van der Waals surface area contributed by atoms with Gasteiger partial charge in [-0.05, 0) is 59.5 Å². The number of carbonyl (C=O) groups excluding carboxylic acids is 1. The molecule has 0 aromatic carbocycles. The molecule has 26 heavy (non-hydrogen) atoms. The van der Waals surface area contributed by atoms with Gasteiger partial charge in [-0.15, -0.1) is 0 Å². The first-order valence-corrected chi connectivity index (χ1v) is 9.62. The molecule has 0 bridgehead atoms. The smallest absolute Gasteiger partial charge is 0.320 e. The van der Waals surface area contributed by atoms with E-state index in [1.807, 2.05) is 26.8 Å². The first-order valence-electron chi connectivity index (χ1n) is 7.97. The van der Waals surface area contributed by atoms with Crippen LogP contribution in [0.5, 0.6) is 0 Å². The van der Waals surface area contributed by atoms with Crippen LogP contribution >= 0.6 is 7.60 Å². The van der Waals surface area contributed by atoms with Crippen LogP contribution in [0.4, 0.5) is 17.6 Å². The first-order chi connectivity index (χ1) is 11.8. The van der Waals surface area contributed by atoms with Gasteiger partial charge >= 0.3 is 19.9 Å². The number of halogens is 4. The largest absolute Gasteiger partial charge is 0.427 e. The average molecular weight is 400 g/mol. The summed E-state index contributed by atoms with van der Waals surface area (Å²) in [6.45, 7) is 7.36. The summed E-state index contributed by atoms with van der Waals surface area (Å²) in [6.07, 6.45) is -1.69. The monoisotopic (exact) mass is 400 g/mol. The molecule has 0 aliphatic rings. The standard InChI is InChI=1S/C17H25F4O4P/c1-12(2)7-5-8-13(3)9-6-10-14(4)11-15(22)17(20,21)25-26(23,24)16(18)19/h7,9,11,16H,5-6,8,10H2,1-4H3,(H,23,24). The SMILES string of the molecule is CC(C)=CCCC(C)=CCCC(C)=CC(=O)C(F)(F)OP(=O)(O)C(F)F. The quantitative estimate of drug-likeness (QED) is 0.200. The second-order valence-corrected chi connectivity index (χ2v) is 7.92. The van der Waals surface area contributed by atoms with Crippen LogP contribution in [0.25, 0.3) is 0 Å². The number of hydrogen-bond donors (Lipinski definition) is 1. The van der Waals surface area contributed by atoms with Crippen molar-refractivity contribution in [3.05, 3.63) is 34.9 Å². The highest BCUT2D eigenvalue weighted by Gasteiger charge is 2.49. The van der Waals surface area contributed by atoms with Crippen molar-refractivity contribution in [2.75, 3.05) is 0 Å². The van der Waals surface area contributed by atoms with E-state index in [9.17, 15) is 26.9 Å². The van der Waals surface area contributed by atoms with Crippen molar-refractivity contribution in [3.63, 3.8) is 0 Å². The Morgan fingerprint density at radius 3 is 2.08 bits per heavy atom. The first kappa shape index (κ1) is 24.8. The minimum atomic E-state index is -5.88. The lowest BCUT2D eigenvalue weighted by atomic mass is 10.1. The van der Waals surface area contributed by atoms with Crippen molar-refractivity contribution in [1.29, 1.82) is 0 Å². The Hall–Kier alpha value is -1.24. The zero-order valence-electron chi connectivity index (χ0n) is 15.3. The van der Waals surface area contributed by atoms with Crippen molar-refractivity contribution in [2.24, 2.45) is 0 Å². The van der Waals surface area contributed by atoms with Gasteiger partial charge in [0.05, 0.1) is 0 Å². The molecule has 1 N–H and O–H groups in total. The molecule has 0 saturated carbocycles. The zero-order valence-corrected chi connectivity index (χ0v) is 16.2. The van der Waals surface area contributed by atoms with Crippen LogP contribution in [0.3, 0.4) is 0 Å². The van der Waals surface area contributed by atoms with Crippen LogP contribution in [0.2, 0.25) is 0 Å². The highest BCUT2D eigenvalue weighted by Crippen LogP contribution is 2.53. The number of ketones is 1. The molecule has 0 aromatic rings. The van der Waals surface area contributed by atoms with E-state index < -0.39 is 25.7 Å². The van der Waals surface area contributed by atoms with Gasteiger partial charge in [-0.2, -0.15) is 17.6 Å². The second-order valence-electron chi connectivity index (χ2n) is 6.21. The summed E-state index contributed by atoms with van der Waals surface area (Å²) in [6, 6.07) is 0. The van der Waals surface area contributed by atoms with E-state index in [0.717, 1.165) is 18.4 Å². The molecule has 0 fully saturated rings. The molecule has 0 saturated heterocycles. The van der Waals surface area contributed by atoms with Crippen LogP contribution in [-0.2, 0) is 13.9 Å². The molecule has 0 radical (unpaired) electrons. The molecule has 1 unspecified atom stereocenters. The van der Waals surface area contributed by atoms with E-state index in [2.05, 4.69) is 10.6 Å². The Labute approximate surface area is 151 Å². The molecule has 1 atom stereocenters. The summed E-state index contributed by atoms with van der Waals surface area (Å²) in [5, 5.41) is 0. The zero-order chi connectivity index (χ0) is 20.5. The molecule has 0 aliphatic heterocycles. The molecule has 9 heteroatoms. The predicted molar refractivity (Wildman–Crippen MR) is 92.3 cm³/mol. The minimum absolute atomic E-state index is 0.274. The van der Waals surface area contributed by atoms with E-state index in [0.29, 0.717) is 18.9 Å². The van der Waals surface area contributed by atoms with Crippen LogP contribution < -0.4 is 0 Å². The number of alkyl halides is 4. The van der Waals surface area contributed by atoms with Gasteiger partial charge in [0.15, 0.2) is 0 Å². The number of hydrogen-bond acceptors (Lipinski definition) is 3. The Bertz CT molecular complexity index is 620. The van der Waals surface area contributed by atoms with Crippen LogP contribution in [-0.4, -0.2) is 23.0 Å².